The van der Waals surface area contributed by atoms with Gasteiger partial charge in [-0.05, 0) is 55.4 Å². The number of aromatic amines is 1. The molecule has 0 saturated carbocycles. The number of anilines is 2. The van der Waals surface area contributed by atoms with E-state index in [-0.39, 0.29) is 11.6 Å². The fourth-order valence-electron chi connectivity index (χ4n) is 4.44. The lowest BCUT2D eigenvalue weighted by atomic mass is 10.0. The quantitative estimate of drug-likeness (QED) is 0.731. The van der Waals surface area contributed by atoms with Gasteiger partial charge in [-0.25, -0.2) is 8.78 Å². The van der Waals surface area contributed by atoms with Gasteiger partial charge in [0.25, 0.3) is 0 Å². The third-order valence-electron chi connectivity index (χ3n) is 6.08. The van der Waals surface area contributed by atoms with Crippen molar-refractivity contribution in [3.05, 3.63) is 59.3 Å². The molecule has 5 rings (SSSR count). The minimum Gasteiger partial charge on any atom is -0.367 e. The van der Waals surface area contributed by atoms with Crippen molar-refractivity contribution >= 4 is 22.3 Å². The summed E-state index contributed by atoms with van der Waals surface area (Å²) in [7, 11) is 2.10. The Morgan fingerprint density at radius 1 is 0.893 bits per heavy atom. The first-order chi connectivity index (χ1) is 13.6. The van der Waals surface area contributed by atoms with Crippen molar-refractivity contribution in [1.82, 2.24) is 9.88 Å². The fraction of sp³-hybridized carbons (Fsp3) is 0.364. The number of nitrogens with zero attached hydrogens (tertiary/aromatic N) is 3. The minimum atomic E-state index is -0.232. The summed E-state index contributed by atoms with van der Waals surface area (Å²) in [6, 6.07) is 10.5. The smallest absolute Gasteiger partial charge is 0.148 e. The Morgan fingerprint density at radius 2 is 1.71 bits per heavy atom. The number of benzene rings is 2. The first kappa shape index (κ1) is 17.5. The predicted molar refractivity (Wildman–Crippen MR) is 109 cm³/mol. The van der Waals surface area contributed by atoms with Crippen LogP contribution in [0.2, 0.25) is 0 Å². The van der Waals surface area contributed by atoms with Gasteiger partial charge < -0.3 is 19.7 Å². The van der Waals surface area contributed by atoms with Crippen molar-refractivity contribution in [2.24, 2.45) is 0 Å². The second kappa shape index (κ2) is 6.78. The number of rotatable bonds is 2. The zero-order valence-electron chi connectivity index (χ0n) is 16.0. The summed E-state index contributed by atoms with van der Waals surface area (Å²) in [6.45, 7) is 5.12. The summed E-state index contributed by atoms with van der Waals surface area (Å²) in [5.74, 6) is -0.393. The molecular formula is C22H24F2N4. The lowest BCUT2D eigenvalue weighted by Gasteiger charge is -2.35. The van der Waals surface area contributed by atoms with E-state index in [1.165, 1.54) is 11.6 Å². The van der Waals surface area contributed by atoms with Crippen molar-refractivity contribution in [2.75, 3.05) is 49.6 Å². The molecule has 2 aromatic carbocycles. The Hall–Kier alpha value is -2.60. The predicted octanol–water partition coefficient (Wildman–Crippen LogP) is 3.76. The van der Waals surface area contributed by atoms with Gasteiger partial charge >= 0.3 is 0 Å². The van der Waals surface area contributed by atoms with Gasteiger partial charge in [0.05, 0.1) is 12.2 Å². The molecule has 2 aliphatic rings. The highest BCUT2D eigenvalue weighted by atomic mass is 19.1. The maximum atomic E-state index is 14.9. The molecule has 1 saturated heterocycles. The number of nitrogens with one attached hydrogen (secondary N) is 1. The van der Waals surface area contributed by atoms with Crippen LogP contribution in [0.3, 0.4) is 0 Å². The number of hydrogen-bond donors (Lipinski definition) is 1. The largest absolute Gasteiger partial charge is 0.367 e. The van der Waals surface area contributed by atoms with Crippen LogP contribution in [0.1, 0.15) is 11.3 Å². The Balaban J connectivity index is 1.38. The molecule has 4 nitrogen and oxygen atoms in total. The van der Waals surface area contributed by atoms with E-state index < -0.39 is 0 Å². The summed E-state index contributed by atoms with van der Waals surface area (Å²) in [6.07, 6.45) is 0.864. The second-order valence-corrected chi connectivity index (χ2v) is 7.87. The Morgan fingerprint density at radius 3 is 2.50 bits per heavy atom. The van der Waals surface area contributed by atoms with E-state index in [1.54, 1.807) is 12.1 Å². The average Bonchev–Trinajstić information content (AvgIpc) is 3.05. The lowest BCUT2D eigenvalue weighted by Crippen LogP contribution is -2.44. The number of likely N-dealkylation sites (N-methyl/N-ethyl adjacent to an activating group) is 1. The maximum absolute atomic E-state index is 14.9. The highest BCUT2D eigenvalue weighted by Gasteiger charge is 2.23. The number of aromatic nitrogens is 1. The van der Waals surface area contributed by atoms with Crippen molar-refractivity contribution in [3.8, 4) is 0 Å². The van der Waals surface area contributed by atoms with E-state index in [0.29, 0.717) is 12.2 Å². The Labute approximate surface area is 163 Å². The summed E-state index contributed by atoms with van der Waals surface area (Å²) >= 11 is 0. The van der Waals surface area contributed by atoms with Crippen LogP contribution in [0.25, 0.3) is 10.9 Å². The monoisotopic (exact) mass is 382 g/mol. The van der Waals surface area contributed by atoms with E-state index in [9.17, 15) is 8.78 Å². The molecule has 1 N–H and O–H groups in total. The molecule has 0 atom stereocenters. The van der Waals surface area contributed by atoms with E-state index in [2.05, 4.69) is 26.7 Å². The van der Waals surface area contributed by atoms with E-state index in [4.69, 9.17) is 0 Å². The first-order valence-electron chi connectivity index (χ1n) is 9.85. The maximum Gasteiger partial charge on any atom is 0.148 e. The topological polar surface area (TPSA) is 25.5 Å². The molecule has 0 spiro atoms. The third-order valence-corrected chi connectivity index (χ3v) is 6.08. The number of hydrogen-bond acceptors (Lipinski definition) is 3. The molecule has 3 aromatic rings. The van der Waals surface area contributed by atoms with Gasteiger partial charge in [0.1, 0.15) is 11.6 Å². The van der Waals surface area contributed by atoms with E-state index in [1.807, 2.05) is 18.2 Å². The van der Waals surface area contributed by atoms with Gasteiger partial charge in [-0.3, -0.25) is 0 Å². The molecule has 3 heterocycles. The highest BCUT2D eigenvalue weighted by Crippen LogP contribution is 2.32. The normalized spacial score (nSPS) is 18.0. The summed E-state index contributed by atoms with van der Waals surface area (Å²) in [4.78, 5) is 9.92. The van der Waals surface area contributed by atoms with Crippen molar-refractivity contribution in [2.45, 2.75) is 13.0 Å². The molecule has 0 bridgehead atoms. The molecule has 0 amide bonds. The van der Waals surface area contributed by atoms with Crippen LogP contribution < -0.4 is 9.80 Å². The summed E-state index contributed by atoms with van der Waals surface area (Å²) in [5, 5.41) is 1.09. The van der Waals surface area contributed by atoms with Crippen LogP contribution in [0, 0.1) is 11.6 Å². The molecule has 2 aliphatic heterocycles. The number of piperazine rings is 1. The fourth-order valence-corrected chi connectivity index (χ4v) is 4.44. The third kappa shape index (κ3) is 3.02. The second-order valence-electron chi connectivity index (χ2n) is 7.87. The van der Waals surface area contributed by atoms with Crippen molar-refractivity contribution in [1.29, 1.82) is 0 Å². The van der Waals surface area contributed by atoms with E-state index in [0.717, 1.165) is 61.4 Å². The zero-order valence-corrected chi connectivity index (χ0v) is 16.0. The van der Waals surface area contributed by atoms with Crippen LogP contribution >= 0.6 is 0 Å². The first-order valence-corrected chi connectivity index (χ1v) is 9.85. The molecule has 1 fully saturated rings. The molecule has 0 aliphatic carbocycles. The van der Waals surface area contributed by atoms with Crippen LogP contribution in [0.15, 0.2) is 36.4 Å². The molecule has 1 aromatic heterocycles. The SMILES string of the molecule is CN1CCN(c2ccc(N3CCc4c([nH]c5cc(F)ccc45)C3)cc2F)CC1. The van der Waals surface area contributed by atoms with Gasteiger partial charge in [-0.1, -0.05) is 0 Å². The number of fused-ring (bicyclic) bond motifs is 3. The minimum absolute atomic E-state index is 0.161. The van der Waals surface area contributed by atoms with Gasteiger partial charge in [0, 0.05) is 55.0 Å². The average molecular weight is 382 g/mol. The Bertz CT molecular complexity index is 1020. The molecule has 146 valence electrons. The van der Waals surface area contributed by atoms with Crippen LogP contribution in [-0.4, -0.2) is 49.7 Å². The zero-order chi connectivity index (χ0) is 19.3. The molecular weight excluding hydrogens is 358 g/mol. The number of H-pyrrole nitrogens is 1. The van der Waals surface area contributed by atoms with Gasteiger partial charge in [-0.2, -0.15) is 0 Å². The molecule has 0 unspecified atom stereocenters. The van der Waals surface area contributed by atoms with Gasteiger partial charge in [-0.15, -0.1) is 0 Å². The van der Waals surface area contributed by atoms with Gasteiger partial charge in [0.15, 0.2) is 0 Å². The number of halogens is 2. The van der Waals surface area contributed by atoms with Crippen LogP contribution in [0.5, 0.6) is 0 Å². The van der Waals surface area contributed by atoms with E-state index >= 15 is 0 Å². The molecule has 28 heavy (non-hydrogen) atoms. The van der Waals surface area contributed by atoms with Crippen molar-refractivity contribution in [3.63, 3.8) is 0 Å². The van der Waals surface area contributed by atoms with Gasteiger partial charge in [0.2, 0.25) is 0 Å². The lowest BCUT2D eigenvalue weighted by molar-refractivity contribution is 0.311. The molecule has 0 radical (unpaired) electrons. The molecule has 6 heteroatoms. The van der Waals surface area contributed by atoms with Crippen LogP contribution in [0.4, 0.5) is 20.2 Å². The van der Waals surface area contributed by atoms with Crippen LogP contribution in [-0.2, 0) is 13.0 Å². The van der Waals surface area contributed by atoms with Crippen molar-refractivity contribution < 1.29 is 8.78 Å². The highest BCUT2D eigenvalue weighted by molar-refractivity contribution is 5.85. The summed E-state index contributed by atoms with van der Waals surface area (Å²) < 4.78 is 28.4. The standard InChI is InChI=1S/C22H24F2N4/c1-26-8-10-27(11-9-26)22-5-3-16(13-19(22)24)28-7-6-18-17-4-2-15(23)12-20(17)25-21(18)14-28/h2-5,12-13,25H,6-11,14H2,1H3. The Kier molecular flexibility index (Phi) is 4.23. The summed E-state index contributed by atoms with van der Waals surface area (Å²) in [5.41, 5.74) is 4.76.